The van der Waals surface area contributed by atoms with Crippen LogP contribution in [0.25, 0.3) is 0 Å². The van der Waals surface area contributed by atoms with Crippen LogP contribution in [0, 0.1) is 5.82 Å². The fraction of sp³-hybridized carbons (Fsp3) is 0.250. The molecule has 1 aliphatic heterocycles. The number of nitrogens with zero attached hydrogens (tertiary/aromatic N) is 1. The van der Waals surface area contributed by atoms with E-state index in [1.807, 2.05) is 0 Å². The highest BCUT2D eigenvalue weighted by molar-refractivity contribution is 6.01. The van der Waals surface area contributed by atoms with E-state index in [4.69, 9.17) is 4.74 Å². The van der Waals surface area contributed by atoms with Gasteiger partial charge in [0.15, 0.2) is 12.4 Å². The topological polar surface area (TPSA) is 75.7 Å². The van der Waals surface area contributed by atoms with Crippen LogP contribution in [0.2, 0.25) is 0 Å². The molecular formula is C20H19FN2O4. The first-order chi connectivity index (χ1) is 12.9. The summed E-state index contributed by atoms with van der Waals surface area (Å²) in [6, 6.07) is 10.5. The van der Waals surface area contributed by atoms with E-state index in [1.54, 1.807) is 18.2 Å². The average Bonchev–Trinajstić information content (AvgIpc) is 2.65. The maximum Gasteiger partial charge on any atom is 0.265 e. The molecule has 2 aromatic rings. The van der Waals surface area contributed by atoms with Gasteiger partial charge in [-0.25, -0.2) is 4.39 Å². The molecule has 0 saturated carbocycles. The number of halogens is 1. The molecule has 6 nitrogen and oxygen atoms in total. The molecule has 2 aromatic carbocycles. The molecule has 7 heteroatoms. The van der Waals surface area contributed by atoms with Gasteiger partial charge in [0.05, 0.1) is 5.69 Å². The van der Waals surface area contributed by atoms with Crippen molar-refractivity contribution in [3.05, 3.63) is 53.8 Å². The van der Waals surface area contributed by atoms with Crippen molar-refractivity contribution in [2.45, 2.75) is 19.8 Å². The highest BCUT2D eigenvalue weighted by Crippen LogP contribution is 2.33. The van der Waals surface area contributed by atoms with Crippen LogP contribution in [0.5, 0.6) is 5.75 Å². The summed E-state index contributed by atoms with van der Waals surface area (Å²) >= 11 is 0. The molecule has 0 radical (unpaired) electrons. The number of benzene rings is 2. The molecule has 1 heterocycles. The number of hydrogen-bond acceptors (Lipinski definition) is 4. The van der Waals surface area contributed by atoms with Gasteiger partial charge < -0.3 is 15.0 Å². The van der Waals surface area contributed by atoms with Gasteiger partial charge in [-0.2, -0.15) is 0 Å². The quantitative estimate of drug-likeness (QED) is 0.793. The molecule has 140 valence electrons. The standard InChI is InChI=1S/C20H19FN2O4/c1-13(24)14-4-9-18-17(11-14)23(20(26)12-27-18)10-2-3-19(25)22-16-7-5-15(21)6-8-16/h4-9,11H,2-3,10,12H2,1H3,(H,22,25). The predicted molar refractivity (Wildman–Crippen MR) is 98.6 cm³/mol. The summed E-state index contributed by atoms with van der Waals surface area (Å²) < 4.78 is 18.3. The molecule has 0 aromatic heterocycles. The second-order valence-corrected chi connectivity index (χ2v) is 6.23. The van der Waals surface area contributed by atoms with Crippen LogP contribution in [0.1, 0.15) is 30.1 Å². The van der Waals surface area contributed by atoms with Crippen molar-refractivity contribution in [3.8, 4) is 5.75 Å². The minimum atomic E-state index is -0.373. The molecule has 0 saturated heterocycles. The molecule has 3 rings (SSSR count). The van der Waals surface area contributed by atoms with Crippen LogP contribution in [-0.4, -0.2) is 30.7 Å². The number of carbonyl (C=O) groups excluding carboxylic acids is 3. The van der Waals surface area contributed by atoms with Crippen LogP contribution in [0.3, 0.4) is 0 Å². The number of rotatable bonds is 6. The molecule has 1 aliphatic rings. The van der Waals surface area contributed by atoms with Crippen molar-refractivity contribution in [3.63, 3.8) is 0 Å². The van der Waals surface area contributed by atoms with Gasteiger partial charge in [-0.05, 0) is 55.8 Å². The lowest BCUT2D eigenvalue weighted by atomic mass is 10.1. The lowest BCUT2D eigenvalue weighted by molar-refractivity contribution is -0.121. The Labute approximate surface area is 155 Å². The molecule has 0 aliphatic carbocycles. The summed E-state index contributed by atoms with van der Waals surface area (Å²) in [5.74, 6) is -0.380. The third-order valence-corrected chi connectivity index (χ3v) is 4.22. The van der Waals surface area contributed by atoms with Crippen molar-refractivity contribution in [2.75, 3.05) is 23.4 Å². The molecule has 0 unspecified atom stereocenters. The van der Waals surface area contributed by atoms with Crippen molar-refractivity contribution in [1.82, 2.24) is 0 Å². The van der Waals surface area contributed by atoms with Crippen molar-refractivity contribution in [2.24, 2.45) is 0 Å². The largest absolute Gasteiger partial charge is 0.482 e. The van der Waals surface area contributed by atoms with Gasteiger partial charge in [0.25, 0.3) is 5.91 Å². The van der Waals surface area contributed by atoms with Gasteiger partial charge in [0.1, 0.15) is 11.6 Å². The Balaban J connectivity index is 1.61. The number of carbonyl (C=O) groups is 3. The van der Waals surface area contributed by atoms with Gasteiger partial charge in [-0.3, -0.25) is 14.4 Å². The summed E-state index contributed by atoms with van der Waals surface area (Å²) in [5, 5.41) is 2.68. The minimum absolute atomic E-state index is 0.0752. The van der Waals surface area contributed by atoms with Gasteiger partial charge in [-0.15, -0.1) is 0 Å². The van der Waals surface area contributed by atoms with Gasteiger partial charge in [0.2, 0.25) is 5.91 Å². The van der Waals surface area contributed by atoms with Gasteiger partial charge in [-0.1, -0.05) is 0 Å². The minimum Gasteiger partial charge on any atom is -0.482 e. The normalized spacial score (nSPS) is 13.0. The maximum atomic E-state index is 12.9. The Hall–Kier alpha value is -3.22. The van der Waals surface area contributed by atoms with E-state index < -0.39 is 0 Å². The predicted octanol–water partition coefficient (Wildman–Crippen LogP) is 3.17. The van der Waals surface area contributed by atoms with Crippen LogP contribution < -0.4 is 15.0 Å². The molecule has 0 bridgehead atoms. The molecule has 0 fully saturated rings. The Morgan fingerprint density at radius 1 is 1.19 bits per heavy atom. The molecule has 27 heavy (non-hydrogen) atoms. The van der Waals surface area contributed by atoms with Crippen LogP contribution >= 0.6 is 0 Å². The number of Topliss-reactive ketones (excluding diaryl/α,β-unsaturated/α-hetero) is 1. The van der Waals surface area contributed by atoms with Crippen LogP contribution in [0.4, 0.5) is 15.8 Å². The maximum absolute atomic E-state index is 12.9. The van der Waals surface area contributed by atoms with E-state index in [0.717, 1.165) is 0 Å². The van der Waals surface area contributed by atoms with Crippen molar-refractivity contribution < 1.29 is 23.5 Å². The van der Waals surface area contributed by atoms with E-state index in [2.05, 4.69) is 5.32 Å². The van der Waals surface area contributed by atoms with E-state index in [1.165, 1.54) is 36.1 Å². The summed E-state index contributed by atoms with van der Waals surface area (Å²) in [7, 11) is 0. The second-order valence-electron chi connectivity index (χ2n) is 6.23. The molecule has 0 atom stereocenters. The summed E-state index contributed by atoms with van der Waals surface area (Å²) in [6.07, 6.45) is 0.631. The van der Waals surface area contributed by atoms with E-state index >= 15 is 0 Å². The smallest absolute Gasteiger partial charge is 0.265 e. The number of fused-ring (bicyclic) bond motifs is 1. The molecule has 0 spiro atoms. The Kier molecular flexibility index (Phi) is 5.49. The van der Waals surface area contributed by atoms with Gasteiger partial charge in [0, 0.05) is 24.2 Å². The zero-order valence-corrected chi connectivity index (χ0v) is 14.8. The number of ether oxygens (including phenoxy) is 1. The zero-order valence-electron chi connectivity index (χ0n) is 14.8. The highest BCUT2D eigenvalue weighted by atomic mass is 19.1. The van der Waals surface area contributed by atoms with Crippen LogP contribution in [0.15, 0.2) is 42.5 Å². The van der Waals surface area contributed by atoms with E-state index in [0.29, 0.717) is 35.7 Å². The molecule has 2 amide bonds. The monoisotopic (exact) mass is 370 g/mol. The summed E-state index contributed by atoms with van der Waals surface area (Å²) in [4.78, 5) is 37.4. The number of amides is 2. The Morgan fingerprint density at radius 3 is 2.63 bits per heavy atom. The highest BCUT2D eigenvalue weighted by Gasteiger charge is 2.26. The van der Waals surface area contributed by atoms with Gasteiger partial charge >= 0.3 is 0 Å². The van der Waals surface area contributed by atoms with Crippen LogP contribution in [-0.2, 0) is 9.59 Å². The fourth-order valence-corrected chi connectivity index (χ4v) is 2.82. The lowest BCUT2D eigenvalue weighted by Crippen LogP contribution is -2.39. The van der Waals surface area contributed by atoms with E-state index in [-0.39, 0.29) is 36.4 Å². The number of ketones is 1. The zero-order chi connectivity index (χ0) is 19.4. The molecule has 1 N–H and O–H groups in total. The van der Waals surface area contributed by atoms with Crippen molar-refractivity contribution >= 4 is 29.0 Å². The second kappa shape index (κ2) is 7.99. The SMILES string of the molecule is CC(=O)c1ccc2c(c1)N(CCCC(=O)Nc1ccc(F)cc1)C(=O)CO2. The third-order valence-electron chi connectivity index (χ3n) is 4.22. The first kappa shape index (κ1) is 18.6. The fourth-order valence-electron chi connectivity index (χ4n) is 2.82. The summed E-state index contributed by atoms with van der Waals surface area (Å²) in [6.45, 7) is 1.71. The van der Waals surface area contributed by atoms with E-state index in [9.17, 15) is 18.8 Å². The third kappa shape index (κ3) is 4.49. The molecular weight excluding hydrogens is 351 g/mol. The van der Waals surface area contributed by atoms with Crippen molar-refractivity contribution in [1.29, 1.82) is 0 Å². The first-order valence-corrected chi connectivity index (χ1v) is 8.57. The Bertz CT molecular complexity index is 880. The lowest BCUT2D eigenvalue weighted by Gasteiger charge is -2.29. The average molecular weight is 370 g/mol. The number of anilines is 2. The first-order valence-electron chi connectivity index (χ1n) is 8.57. The number of hydrogen-bond donors (Lipinski definition) is 1. The summed E-state index contributed by atoms with van der Waals surface area (Å²) in [5.41, 5.74) is 1.55. The number of nitrogens with one attached hydrogen (secondary N) is 1. The Morgan fingerprint density at radius 2 is 1.93 bits per heavy atom.